The van der Waals surface area contributed by atoms with Gasteiger partial charge in [-0.15, -0.1) is 0 Å². The molecule has 1 aliphatic heterocycles. The number of anilines is 1. The Kier molecular flexibility index (Phi) is 3.30. The van der Waals surface area contributed by atoms with Gasteiger partial charge in [-0.3, -0.25) is 4.79 Å². The molecule has 1 aromatic rings. The summed E-state index contributed by atoms with van der Waals surface area (Å²) < 4.78 is 5.12. The zero-order valence-corrected chi connectivity index (χ0v) is 10.5. The van der Waals surface area contributed by atoms with Gasteiger partial charge in [0.15, 0.2) is 0 Å². The molecule has 1 heterocycles. The van der Waals surface area contributed by atoms with Crippen LogP contribution in [0.5, 0.6) is 5.75 Å². The second-order valence-electron chi connectivity index (χ2n) is 3.68. The van der Waals surface area contributed by atoms with Crippen LogP contribution in [0.3, 0.4) is 0 Å². The van der Waals surface area contributed by atoms with Crippen molar-refractivity contribution in [1.82, 2.24) is 0 Å². The van der Waals surface area contributed by atoms with E-state index in [0.29, 0.717) is 29.4 Å². The van der Waals surface area contributed by atoms with Gasteiger partial charge in [0.1, 0.15) is 5.75 Å². The first-order valence-electron chi connectivity index (χ1n) is 4.94. The minimum atomic E-state index is 0.0511. The summed E-state index contributed by atoms with van der Waals surface area (Å²) in [5, 5.41) is 0.631. The van der Waals surface area contributed by atoms with E-state index in [4.69, 9.17) is 16.3 Å². The van der Waals surface area contributed by atoms with Crippen LogP contribution in [-0.4, -0.2) is 24.8 Å². The Morgan fingerprint density at radius 3 is 2.88 bits per heavy atom. The fraction of sp³-hybridized carbons (Fsp3) is 0.364. The zero-order chi connectivity index (χ0) is 11.7. The molecule has 2 rings (SSSR count). The number of hydrogen-bond donors (Lipinski definition) is 1. The number of benzene rings is 1. The maximum absolute atomic E-state index is 11.7. The summed E-state index contributed by atoms with van der Waals surface area (Å²) in [6.45, 7) is 0.592. The van der Waals surface area contributed by atoms with Gasteiger partial charge in [-0.05, 0) is 12.1 Å². The molecule has 0 spiro atoms. The van der Waals surface area contributed by atoms with Crippen LogP contribution in [0.1, 0.15) is 6.42 Å². The predicted molar refractivity (Wildman–Crippen MR) is 67.7 cm³/mol. The highest BCUT2D eigenvalue weighted by atomic mass is 35.5. The number of hydrogen-bond acceptors (Lipinski definition) is 3. The van der Waals surface area contributed by atoms with Crippen LogP contribution in [0.25, 0.3) is 0 Å². The third kappa shape index (κ3) is 2.13. The lowest BCUT2D eigenvalue weighted by Gasteiger charge is -2.18. The van der Waals surface area contributed by atoms with Crippen molar-refractivity contribution >= 4 is 35.8 Å². The van der Waals surface area contributed by atoms with E-state index in [1.165, 1.54) is 0 Å². The molecule has 0 radical (unpaired) electrons. The summed E-state index contributed by atoms with van der Waals surface area (Å²) in [5.41, 5.74) is 0.697. The number of rotatable bonds is 2. The highest BCUT2D eigenvalue weighted by Crippen LogP contribution is 2.33. The molecule has 1 aromatic carbocycles. The van der Waals surface area contributed by atoms with Crippen LogP contribution in [-0.2, 0) is 4.79 Å². The maximum atomic E-state index is 11.7. The van der Waals surface area contributed by atoms with Crippen LogP contribution in [0.15, 0.2) is 18.2 Å². The fourth-order valence-corrected chi connectivity index (χ4v) is 2.29. The Hall–Kier alpha value is -0.870. The average Bonchev–Trinajstić information content (AvgIpc) is 2.58. The van der Waals surface area contributed by atoms with E-state index in [-0.39, 0.29) is 11.2 Å². The molecule has 0 aromatic heterocycles. The number of thiol groups is 1. The molecule has 0 N–H and O–H groups in total. The summed E-state index contributed by atoms with van der Waals surface area (Å²) >= 11 is 10.4. The summed E-state index contributed by atoms with van der Waals surface area (Å²) in [5.74, 6) is 0.741. The topological polar surface area (TPSA) is 29.5 Å². The van der Waals surface area contributed by atoms with Crippen molar-refractivity contribution in [3.05, 3.63) is 23.2 Å². The third-order valence-electron chi connectivity index (χ3n) is 2.55. The number of ether oxygens (including phenoxy) is 1. The number of carbonyl (C=O) groups excluding carboxylic acids is 1. The van der Waals surface area contributed by atoms with Gasteiger partial charge in [0.2, 0.25) is 5.91 Å². The molecule has 86 valence electrons. The summed E-state index contributed by atoms with van der Waals surface area (Å²) in [7, 11) is 1.58. The summed E-state index contributed by atoms with van der Waals surface area (Å²) in [6, 6.07) is 5.27. The van der Waals surface area contributed by atoms with E-state index in [0.717, 1.165) is 0 Å². The van der Waals surface area contributed by atoms with Crippen molar-refractivity contribution in [2.75, 3.05) is 18.6 Å². The van der Waals surface area contributed by atoms with E-state index >= 15 is 0 Å². The van der Waals surface area contributed by atoms with Crippen molar-refractivity contribution < 1.29 is 9.53 Å². The standard InChI is InChI=1S/C11H12ClNO2S/c1-15-7-2-3-9(12)10(4-7)13-6-8(16)5-11(13)14/h2-4,8,16H,5-6H2,1H3. The number of carbonyl (C=O) groups is 1. The monoisotopic (exact) mass is 257 g/mol. The SMILES string of the molecule is COc1ccc(Cl)c(N2CC(S)CC2=O)c1. The highest BCUT2D eigenvalue weighted by molar-refractivity contribution is 7.81. The fourth-order valence-electron chi connectivity index (χ4n) is 1.75. The minimum absolute atomic E-state index is 0.0511. The van der Waals surface area contributed by atoms with E-state index in [2.05, 4.69) is 12.6 Å². The molecule has 1 aliphatic rings. The third-order valence-corrected chi connectivity index (χ3v) is 3.21. The molecule has 16 heavy (non-hydrogen) atoms. The number of nitrogens with zero attached hydrogens (tertiary/aromatic N) is 1. The Bertz CT molecular complexity index is 424. The second-order valence-corrected chi connectivity index (χ2v) is 4.82. The van der Waals surface area contributed by atoms with Gasteiger partial charge in [-0.1, -0.05) is 11.6 Å². The number of amides is 1. The molecule has 0 bridgehead atoms. The first-order chi connectivity index (χ1) is 7.61. The maximum Gasteiger partial charge on any atom is 0.228 e. The van der Waals surface area contributed by atoms with E-state index in [1.807, 2.05) is 0 Å². The molecular weight excluding hydrogens is 246 g/mol. The van der Waals surface area contributed by atoms with Crippen molar-refractivity contribution in [2.24, 2.45) is 0 Å². The van der Waals surface area contributed by atoms with Crippen molar-refractivity contribution in [3.8, 4) is 5.75 Å². The van der Waals surface area contributed by atoms with Gasteiger partial charge in [0.05, 0.1) is 17.8 Å². The minimum Gasteiger partial charge on any atom is -0.497 e. The van der Waals surface area contributed by atoms with Gasteiger partial charge >= 0.3 is 0 Å². The first kappa shape index (κ1) is 11.6. The van der Waals surface area contributed by atoms with Crippen LogP contribution in [0, 0.1) is 0 Å². The molecule has 1 atom stereocenters. The smallest absolute Gasteiger partial charge is 0.228 e. The lowest BCUT2D eigenvalue weighted by atomic mass is 10.2. The Morgan fingerprint density at radius 1 is 1.56 bits per heavy atom. The van der Waals surface area contributed by atoms with Crippen LogP contribution >= 0.6 is 24.2 Å². The zero-order valence-electron chi connectivity index (χ0n) is 8.81. The van der Waals surface area contributed by atoms with Gasteiger partial charge in [-0.25, -0.2) is 0 Å². The lowest BCUT2D eigenvalue weighted by Crippen LogP contribution is -2.24. The lowest BCUT2D eigenvalue weighted by molar-refractivity contribution is -0.117. The van der Waals surface area contributed by atoms with Crippen LogP contribution < -0.4 is 9.64 Å². The molecule has 5 heteroatoms. The molecule has 1 fully saturated rings. The molecular formula is C11H12ClNO2S. The van der Waals surface area contributed by atoms with Gasteiger partial charge < -0.3 is 9.64 Å². The first-order valence-corrected chi connectivity index (χ1v) is 5.83. The Morgan fingerprint density at radius 2 is 2.31 bits per heavy atom. The molecule has 0 saturated carbocycles. The van der Waals surface area contributed by atoms with Crippen LogP contribution in [0.4, 0.5) is 5.69 Å². The molecule has 0 aliphatic carbocycles. The largest absolute Gasteiger partial charge is 0.497 e. The van der Waals surface area contributed by atoms with E-state index < -0.39 is 0 Å². The second kappa shape index (κ2) is 4.55. The molecule has 1 unspecified atom stereocenters. The van der Waals surface area contributed by atoms with Crippen molar-refractivity contribution in [2.45, 2.75) is 11.7 Å². The number of methoxy groups -OCH3 is 1. The van der Waals surface area contributed by atoms with E-state index in [9.17, 15) is 4.79 Å². The van der Waals surface area contributed by atoms with Gasteiger partial charge in [0, 0.05) is 24.3 Å². The predicted octanol–water partition coefficient (Wildman–Crippen LogP) is 2.38. The van der Waals surface area contributed by atoms with Crippen LogP contribution in [0.2, 0.25) is 5.02 Å². The normalized spacial score (nSPS) is 20.3. The number of halogens is 1. The summed E-state index contributed by atoms with van der Waals surface area (Å²) in [4.78, 5) is 13.4. The van der Waals surface area contributed by atoms with Gasteiger partial charge in [0.25, 0.3) is 0 Å². The van der Waals surface area contributed by atoms with Crippen molar-refractivity contribution in [1.29, 1.82) is 0 Å². The molecule has 3 nitrogen and oxygen atoms in total. The average molecular weight is 258 g/mol. The van der Waals surface area contributed by atoms with Gasteiger partial charge in [-0.2, -0.15) is 12.6 Å². The Labute approximate surface area is 105 Å². The Balaban J connectivity index is 2.35. The molecule has 1 saturated heterocycles. The quantitative estimate of drug-likeness (QED) is 0.825. The highest BCUT2D eigenvalue weighted by Gasteiger charge is 2.29. The molecule has 1 amide bonds. The summed E-state index contributed by atoms with van der Waals surface area (Å²) in [6.07, 6.45) is 0.455. The van der Waals surface area contributed by atoms with Crippen molar-refractivity contribution in [3.63, 3.8) is 0 Å². The van der Waals surface area contributed by atoms with E-state index in [1.54, 1.807) is 30.2 Å².